The summed E-state index contributed by atoms with van der Waals surface area (Å²) in [5.41, 5.74) is 5.11. The molecule has 1 saturated carbocycles. The number of hydrogen-bond acceptors (Lipinski definition) is 5. The molecule has 1 aromatic carbocycles. The van der Waals surface area contributed by atoms with E-state index in [4.69, 9.17) is 4.52 Å². The maximum absolute atomic E-state index is 5.11. The van der Waals surface area contributed by atoms with E-state index >= 15 is 0 Å². The molecule has 0 saturated heterocycles. The lowest BCUT2D eigenvalue weighted by Crippen LogP contribution is -2.34. The standard InChI is InChI=1S/C14H16N4O/c1-2-4-12-11(3-1)14(18-17-12)16-10-5-6-13-9(7-10)8-15-19-13/h5-8,11-12,17H,1-4H2,(H,16,18). The predicted molar refractivity (Wildman–Crippen MR) is 73.9 cm³/mol. The Morgan fingerprint density at radius 2 is 2.21 bits per heavy atom. The van der Waals surface area contributed by atoms with Crippen molar-refractivity contribution in [3.05, 3.63) is 24.4 Å². The van der Waals surface area contributed by atoms with Gasteiger partial charge in [0.1, 0.15) is 5.84 Å². The molecule has 5 heteroatoms. The van der Waals surface area contributed by atoms with Crippen LogP contribution in [0.3, 0.4) is 0 Å². The quantitative estimate of drug-likeness (QED) is 0.823. The molecule has 2 aromatic rings. The van der Waals surface area contributed by atoms with Crippen LogP contribution in [0, 0.1) is 5.92 Å². The third-order valence-corrected chi connectivity index (χ3v) is 4.09. The molecule has 98 valence electrons. The fraction of sp³-hybridized carbons (Fsp3) is 0.429. The largest absolute Gasteiger partial charge is 0.356 e. The fourth-order valence-corrected chi connectivity index (χ4v) is 3.07. The third kappa shape index (κ3) is 1.85. The first-order valence-corrected chi connectivity index (χ1v) is 6.85. The molecule has 1 fully saturated rings. The number of hydrogen-bond donors (Lipinski definition) is 2. The monoisotopic (exact) mass is 256 g/mol. The van der Waals surface area contributed by atoms with Gasteiger partial charge >= 0.3 is 0 Å². The van der Waals surface area contributed by atoms with Gasteiger partial charge in [0.05, 0.1) is 12.2 Å². The van der Waals surface area contributed by atoms with Crippen LogP contribution < -0.4 is 10.7 Å². The molecule has 2 heterocycles. The first-order chi connectivity index (χ1) is 9.40. The van der Waals surface area contributed by atoms with Gasteiger partial charge in [0.15, 0.2) is 5.58 Å². The molecular formula is C14H16N4O. The molecule has 0 bridgehead atoms. The van der Waals surface area contributed by atoms with Crippen LogP contribution >= 0.6 is 0 Å². The van der Waals surface area contributed by atoms with Gasteiger partial charge in [0, 0.05) is 17.0 Å². The minimum absolute atomic E-state index is 0.524. The molecule has 2 N–H and O–H groups in total. The van der Waals surface area contributed by atoms with E-state index in [0.717, 1.165) is 22.5 Å². The van der Waals surface area contributed by atoms with Crippen molar-refractivity contribution in [3.63, 3.8) is 0 Å². The van der Waals surface area contributed by atoms with E-state index in [1.807, 2.05) is 18.2 Å². The summed E-state index contributed by atoms with van der Waals surface area (Å²) in [4.78, 5) is 0. The van der Waals surface area contributed by atoms with Crippen molar-refractivity contribution in [1.29, 1.82) is 0 Å². The molecular weight excluding hydrogens is 240 g/mol. The Bertz CT molecular complexity index is 633. The van der Waals surface area contributed by atoms with Gasteiger partial charge in [-0.25, -0.2) is 0 Å². The topological polar surface area (TPSA) is 62.5 Å². The number of nitrogens with one attached hydrogen (secondary N) is 2. The fourth-order valence-electron chi connectivity index (χ4n) is 3.07. The van der Waals surface area contributed by atoms with Crippen LogP contribution in [-0.2, 0) is 0 Å². The Morgan fingerprint density at radius 3 is 3.21 bits per heavy atom. The zero-order valence-corrected chi connectivity index (χ0v) is 10.6. The summed E-state index contributed by atoms with van der Waals surface area (Å²) in [6.07, 6.45) is 6.79. The van der Waals surface area contributed by atoms with Crippen LogP contribution in [0.15, 0.2) is 34.0 Å². The highest BCUT2D eigenvalue weighted by atomic mass is 16.5. The number of amidine groups is 1. The number of anilines is 1. The Kier molecular flexibility index (Phi) is 2.43. The van der Waals surface area contributed by atoms with Gasteiger partial charge in [-0.3, -0.25) is 0 Å². The predicted octanol–water partition coefficient (Wildman–Crippen LogP) is 2.72. The van der Waals surface area contributed by atoms with E-state index in [-0.39, 0.29) is 0 Å². The van der Waals surface area contributed by atoms with E-state index < -0.39 is 0 Å². The Hall–Kier alpha value is -2.04. The molecule has 2 atom stereocenters. The molecule has 4 rings (SSSR count). The number of nitrogens with zero attached hydrogens (tertiary/aromatic N) is 2. The summed E-state index contributed by atoms with van der Waals surface area (Å²) in [6, 6.07) is 6.51. The van der Waals surface area contributed by atoms with E-state index in [0.29, 0.717) is 12.0 Å². The maximum atomic E-state index is 5.11. The van der Waals surface area contributed by atoms with E-state index in [1.165, 1.54) is 25.7 Å². The third-order valence-electron chi connectivity index (χ3n) is 4.09. The Balaban J connectivity index is 1.57. The van der Waals surface area contributed by atoms with E-state index in [9.17, 15) is 0 Å². The van der Waals surface area contributed by atoms with Crippen LogP contribution in [0.2, 0.25) is 0 Å². The van der Waals surface area contributed by atoms with Crippen LogP contribution in [0.25, 0.3) is 11.0 Å². The number of benzene rings is 1. The van der Waals surface area contributed by atoms with Gasteiger partial charge in [0.25, 0.3) is 0 Å². The molecule has 0 amide bonds. The smallest absolute Gasteiger partial charge is 0.166 e. The Morgan fingerprint density at radius 1 is 1.26 bits per heavy atom. The van der Waals surface area contributed by atoms with Crippen molar-refractivity contribution < 1.29 is 4.52 Å². The second-order valence-electron chi connectivity index (χ2n) is 5.33. The normalized spacial score (nSPS) is 25.8. The lowest BCUT2D eigenvalue weighted by molar-refractivity contribution is 0.353. The van der Waals surface area contributed by atoms with Gasteiger partial charge in [-0.1, -0.05) is 18.0 Å². The molecule has 0 radical (unpaired) electrons. The summed E-state index contributed by atoms with van der Waals surface area (Å²) in [5.74, 6) is 1.60. The molecule has 2 unspecified atom stereocenters. The zero-order chi connectivity index (χ0) is 12.7. The molecule has 0 spiro atoms. The average molecular weight is 256 g/mol. The number of aromatic nitrogens is 1. The molecule has 1 aliphatic heterocycles. The minimum atomic E-state index is 0.524. The van der Waals surface area contributed by atoms with Gasteiger partial charge in [0.2, 0.25) is 0 Å². The van der Waals surface area contributed by atoms with Crippen molar-refractivity contribution in [2.45, 2.75) is 31.7 Å². The molecule has 19 heavy (non-hydrogen) atoms. The van der Waals surface area contributed by atoms with Gasteiger partial charge < -0.3 is 15.3 Å². The summed E-state index contributed by atoms with van der Waals surface area (Å²) in [7, 11) is 0. The summed E-state index contributed by atoms with van der Waals surface area (Å²) in [5, 5.41) is 12.7. The van der Waals surface area contributed by atoms with Gasteiger partial charge in [-0.05, 0) is 31.0 Å². The summed E-state index contributed by atoms with van der Waals surface area (Å²) < 4.78 is 5.11. The van der Waals surface area contributed by atoms with Crippen molar-refractivity contribution in [2.75, 3.05) is 5.32 Å². The van der Waals surface area contributed by atoms with Gasteiger partial charge in [-0.2, -0.15) is 5.10 Å². The minimum Gasteiger partial charge on any atom is -0.356 e. The van der Waals surface area contributed by atoms with Crippen molar-refractivity contribution in [2.24, 2.45) is 11.0 Å². The summed E-state index contributed by atoms with van der Waals surface area (Å²) in [6.45, 7) is 0. The molecule has 2 aliphatic rings. The number of rotatable bonds is 1. The first-order valence-electron chi connectivity index (χ1n) is 6.85. The highest BCUT2D eigenvalue weighted by molar-refractivity contribution is 5.99. The number of hydrazone groups is 1. The van der Waals surface area contributed by atoms with Crippen molar-refractivity contribution >= 4 is 22.5 Å². The van der Waals surface area contributed by atoms with Crippen molar-refractivity contribution in [1.82, 2.24) is 10.6 Å². The molecule has 1 aromatic heterocycles. The first kappa shape index (κ1) is 10.8. The molecule has 5 nitrogen and oxygen atoms in total. The lowest BCUT2D eigenvalue weighted by Gasteiger charge is -2.25. The summed E-state index contributed by atoms with van der Waals surface area (Å²) >= 11 is 0. The molecule has 1 aliphatic carbocycles. The highest BCUT2D eigenvalue weighted by Crippen LogP contribution is 2.30. The Labute approximate surface area is 111 Å². The van der Waals surface area contributed by atoms with Crippen LogP contribution in [0.1, 0.15) is 25.7 Å². The highest BCUT2D eigenvalue weighted by Gasteiger charge is 2.33. The lowest BCUT2D eigenvalue weighted by atomic mass is 9.85. The second-order valence-corrected chi connectivity index (χ2v) is 5.33. The van der Waals surface area contributed by atoms with Crippen LogP contribution in [0.4, 0.5) is 5.69 Å². The van der Waals surface area contributed by atoms with E-state index in [1.54, 1.807) is 6.20 Å². The zero-order valence-electron chi connectivity index (χ0n) is 10.6. The number of fused-ring (bicyclic) bond motifs is 2. The SMILES string of the molecule is c1cc2oncc2cc1NC1=NNC2CCCCC12. The van der Waals surface area contributed by atoms with Gasteiger partial charge in [-0.15, -0.1) is 0 Å². The van der Waals surface area contributed by atoms with Crippen LogP contribution in [0.5, 0.6) is 0 Å². The maximum Gasteiger partial charge on any atom is 0.166 e. The second kappa shape index (κ2) is 4.26. The van der Waals surface area contributed by atoms with Crippen molar-refractivity contribution in [3.8, 4) is 0 Å². The van der Waals surface area contributed by atoms with Crippen LogP contribution in [-0.4, -0.2) is 17.0 Å². The van der Waals surface area contributed by atoms with E-state index in [2.05, 4.69) is 21.0 Å². The average Bonchev–Trinajstić information content (AvgIpc) is 3.06.